The number of ether oxygens (including phenoxy) is 1. The number of sulfonamides is 1. The van der Waals surface area contributed by atoms with E-state index in [-0.39, 0.29) is 23.9 Å². The molecule has 0 saturated heterocycles. The van der Waals surface area contributed by atoms with Crippen molar-refractivity contribution in [2.24, 2.45) is 0 Å². The molecule has 2 N–H and O–H groups in total. The summed E-state index contributed by atoms with van der Waals surface area (Å²) in [4.78, 5) is 23.5. The van der Waals surface area contributed by atoms with Crippen LogP contribution < -0.4 is 10.6 Å². The van der Waals surface area contributed by atoms with Gasteiger partial charge in [0, 0.05) is 32.3 Å². The lowest BCUT2D eigenvalue weighted by molar-refractivity contribution is -0.116. The van der Waals surface area contributed by atoms with Gasteiger partial charge in [0.25, 0.3) is 0 Å². The van der Waals surface area contributed by atoms with Crippen LogP contribution in [0.5, 0.6) is 0 Å². The van der Waals surface area contributed by atoms with E-state index in [2.05, 4.69) is 10.6 Å². The molecule has 0 heterocycles. The second kappa shape index (κ2) is 11.0. The molecular weight excluding hydrogens is 394 g/mol. The molecule has 0 unspecified atom stereocenters. The van der Waals surface area contributed by atoms with Crippen molar-refractivity contribution in [3.8, 4) is 0 Å². The monoisotopic (exact) mass is 425 g/mol. The lowest BCUT2D eigenvalue weighted by atomic mass is 10.2. The Morgan fingerprint density at radius 2 is 1.59 bits per heavy atom. The molecule has 0 bridgehead atoms. The van der Waals surface area contributed by atoms with E-state index in [0.29, 0.717) is 18.7 Å². The average Bonchev–Trinajstić information content (AvgIpc) is 2.63. The Bertz CT molecular complexity index is 808. The molecule has 2 amide bonds. The SMILES string of the molecule is CCN(CC)S(=O)(=O)c1ccc(/C=C/C(=O)NCCNC(=O)OC(C)(C)C)cc1. The fourth-order valence-electron chi connectivity index (χ4n) is 2.36. The molecule has 0 aliphatic heterocycles. The molecule has 0 spiro atoms. The van der Waals surface area contributed by atoms with Crippen LogP contribution in [0.15, 0.2) is 35.2 Å². The minimum Gasteiger partial charge on any atom is -0.444 e. The first-order chi connectivity index (χ1) is 13.5. The largest absolute Gasteiger partial charge is 0.444 e. The Balaban J connectivity index is 2.51. The van der Waals surface area contributed by atoms with E-state index in [9.17, 15) is 18.0 Å². The number of alkyl carbamates (subject to hydrolysis) is 1. The zero-order valence-corrected chi connectivity index (χ0v) is 18.5. The molecule has 9 heteroatoms. The molecule has 0 saturated carbocycles. The standard InChI is InChI=1S/C20H31N3O5S/c1-6-23(7-2)29(26,27)17-11-8-16(9-12-17)10-13-18(24)21-14-15-22-19(25)28-20(3,4)5/h8-13H,6-7,14-15H2,1-5H3,(H,21,24)(H,22,25)/b13-10+. The second-order valence-corrected chi connectivity index (χ2v) is 9.15. The van der Waals surface area contributed by atoms with Crippen LogP contribution in [0.3, 0.4) is 0 Å². The fraction of sp³-hybridized carbons (Fsp3) is 0.500. The van der Waals surface area contributed by atoms with E-state index in [1.165, 1.54) is 22.5 Å². The highest BCUT2D eigenvalue weighted by Gasteiger charge is 2.21. The molecule has 0 aromatic heterocycles. The lowest BCUT2D eigenvalue weighted by Gasteiger charge is -2.19. The van der Waals surface area contributed by atoms with Crippen LogP contribution in [0.4, 0.5) is 4.79 Å². The molecule has 1 aromatic carbocycles. The summed E-state index contributed by atoms with van der Waals surface area (Å²) in [5.41, 5.74) is 0.126. The number of nitrogens with one attached hydrogen (secondary N) is 2. The first kappa shape index (κ1) is 24.6. The minimum atomic E-state index is -3.50. The number of benzene rings is 1. The predicted molar refractivity (Wildman–Crippen MR) is 113 cm³/mol. The summed E-state index contributed by atoms with van der Waals surface area (Å²) in [7, 11) is -3.50. The van der Waals surface area contributed by atoms with Gasteiger partial charge in [0.2, 0.25) is 15.9 Å². The maximum absolute atomic E-state index is 12.4. The molecule has 29 heavy (non-hydrogen) atoms. The van der Waals surface area contributed by atoms with E-state index >= 15 is 0 Å². The Kier molecular flexibility index (Phi) is 9.32. The van der Waals surface area contributed by atoms with Crippen molar-refractivity contribution >= 4 is 28.1 Å². The summed E-state index contributed by atoms with van der Waals surface area (Å²) in [6.07, 6.45) is 2.40. The van der Waals surface area contributed by atoms with Gasteiger partial charge >= 0.3 is 6.09 Å². The molecule has 8 nitrogen and oxygen atoms in total. The van der Waals surface area contributed by atoms with Gasteiger partial charge in [-0.05, 0) is 44.5 Å². The van der Waals surface area contributed by atoms with Gasteiger partial charge in [0.15, 0.2) is 0 Å². The van der Waals surface area contributed by atoms with Gasteiger partial charge in [0.05, 0.1) is 4.90 Å². The zero-order valence-electron chi connectivity index (χ0n) is 17.7. The third kappa shape index (κ3) is 8.66. The Morgan fingerprint density at radius 3 is 2.10 bits per heavy atom. The molecule has 1 aromatic rings. The molecule has 1 rings (SSSR count). The van der Waals surface area contributed by atoms with Crippen LogP contribution in [0.2, 0.25) is 0 Å². The highest BCUT2D eigenvalue weighted by atomic mass is 32.2. The van der Waals surface area contributed by atoms with Gasteiger partial charge in [0.1, 0.15) is 5.60 Å². The zero-order chi connectivity index (χ0) is 22.1. The smallest absolute Gasteiger partial charge is 0.407 e. The minimum absolute atomic E-state index is 0.219. The summed E-state index contributed by atoms with van der Waals surface area (Å²) in [6.45, 7) is 10.2. The van der Waals surface area contributed by atoms with Gasteiger partial charge in [-0.3, -0.25) is 4.79 Å². The lowest BCUT2D eigenvalue weighted by Crippen LogP contribution is -2.37. The molecule has 0 atom stereocenters. The highest BCUT2D eigenvalue weighted by Crippen LogP contribution is 2.16. The summed E-state index contributed by atoms with van der Waals surface area (Å²) in [5.74, 6) is -0.323. The van der Waals surface area contributed by atoms with Crippen molar-refractivity contribution in [3.63, 3.8) is 0 Å². The summed E-state index contributed by atoms with van der Waals surface area (Å²) >= 11 is 0. The summed E-state index contributed by atoms with van der Waals surface area (Å²) in [6, 6.07) is 6.33. The van der Waals surface area contributed by atoms with Crippen LogP contribution in [0.1, 0.15) is 40.2 Å². The van der Waals surface area contributed by atoms with Crippen molar-refractivity contribution in [3.05, 3.63) is 35.9 Å². The molecule has 0 aliphatic carbocycles. The maximum atomic E-state index is 12.4. The van der Waals surface area contributed by atoms with Crippen molar-refractivity contribution in [1.82, 2.24) is 14.9 Å². The fourth-order valence-corrected chi connectivity index (χ4v) is 3.82. The van der Waals surface area contributed by atoms with Gasteiger partial charge in [-0.25, -0.2) is 13.2 Å². The molecule has 0 radical (unpaired) electrons. The van der Waals surface area contributed by atoms with Gasteiger partial charge in [-0.2, -0.15) is 4.31 Å². The number of hydrogen-bond acceptors (Lipinski definition) is 5. The number of nitrogens with zero attached hydrogens (tertiary/aromatic N) is 1. The first-order valence-corrected chi connectivity index (χ1v) is 11.0. The normalized spacial score (nSPS) is 12.2. The predicted octanol–water partition coefficient (Wildman–Crippen LogP) is 2.37. The number of hydrogen-bond donors (Lipinski definition) is 2. The van der Waals surface area contributed by atoms with Gasteiger partial charge in [-0.1, -0.05) is 26.0 Å². The van der Waals surface area contributed by atoms with E-state index in [1.807, 2.05) is 0 Å². The number of rotatable bonds is 9. The molecule has 162 valence electrons. The van der Waals surface area contributed by atoms with Crippen LogP contribution in [0, 0.1) is 0 Å². The summed E-state index contributed by atoms with van der Waals surface area (Å²) < 4.78 is 31.4. The Morgan fingerprint density at radius 1 is 1.03 bits per heavy atom. The Hall–Kier alpha value is -2.39. The number of amides is 2. The van der Waals surface area contributed by atoms with Crippen molar-refractivity contribution < 1.29 is 22.7 Å². The maximum Gasteiger partial charge on any atom is 0.407 e. The average molecular weight is 426 g/mol. The van der Waals surface area contributed by atoms with E-state index in [4.69, 9.17) is 4.74 Å². The van der Waals surface area contributed by atoms with Crippen LogP contribution in [0.25, 0.3) is 6.08 Å². The van der Waals surface area contributed by atoms with Crippen LogP contribution in [-0.2, 0) is 19.6 Å². The second-order valence-electron chi connectivity index (χ2n) is 7.21. The van der Waals surface area contributed by atoms with Gasteiger partial charge in [-0.15, -0.1) is 0 Å². The van der Waals surface area contributed by atoms with E-state index < -0.39 is 21.7 Å². The Labute approximate surface area is 173 Å². The van der Waals surface area contributed by atoms with Crippen LogP contribution >= 0.6 is 0 Å². The molecule has 0 aliphatic rings. The summed E-state index contributed by atoms with van der Waals surface area (Å²) in [5, 5.41) is 5.18. The van der Waals surface area contributed by atoms with Crippen molar-refractivity contribution in [2.45, 2.75) is 45.1 Å². The third-order valence-corrected chi connectivity index (χ3v) is 5.81. The van der Waals surface area contributed by atoms with Crippen LogP contribution in [-0.4, -0.2) is 56.5 Å². The van der Waals surface area contributed by atoms with Crippen molar-refractivity contribution in [2.75, 3.05) is 26.2 Å². The highest BCUT2D eigenvalue weighted by molar-refractivity contribution is 7.89. The van der Waals surface area contributed by atoms with E-state index in [0.717, 1.165) is 0 Å². The molecular formula is C20H31N3O5S. The first-order valence-electron chi connectivity index (χ1n) is 9.52. The third-order valence-electron chi connectivity index (χ3n) is 3.74. The molecule has 0 fully saturated rings. The van der Waals surface area contributed by atoms with Gasteiger partial charge < -0.3 is 15.4 Å². The quantitative estimate of drug-likeness (QED) is 0.467. The van der Waals surface area contributed by atoms with E-state index in [1.54, 1.807) is 52.8 Å². The topological polar surface area (TPSA) is 105 Å². The number of carbonyl (C=O) groups is 2. The van der Waals surface area contributed by atoms with Crippen molar-refractivity contribution in [1.29, 1.82) is 0 Å². The number of carbonyl (C=O) groups excluding carboxylic acids is 2.